The lowest BCUT2D eigenvalue weighted by atomic mass is 9.90. The second kappa shape index (κ2) is 7.92. The van der Waals surface area contributed by atoms with Crippen molar-refractivity contribution in [2.75, 3.05) is 10.6 Å². The predicted octanol–water partition coefficient (Wildman–Crippen LogP) is 6.88. The van der Waals surface area contributed by atoms with Crippen molar-refractivity contribution in [1.29, 1.82) is 0 Å². The molecule has 1 aromatic heterocycles. The van der Waals surface area contributed by atoms with E-state index in [0.717, 1.165) is 34.5 Å². The van der Waals surface area contributed by atoms with Crippen molar-refractivity contribution in [3.8, 4) is 0 Å². The van der Waals surface area contributed by atoms with Crippen LogP contribution in [0.15, 0.2) is 72.9 Å². The highest BCUT2D eigenvalue weighted by Gasteiger charge is 2.21. The summed E-state index contributed by atoms with van der Waals surface area (Å²) in [5.74, 6) is 0. The molecule has 0 saturated heterocycles. The molecule has 0 unspecified atom stereocenters. The van der Waals surface area contributed by atoms with Crippen LogP contribution in [0, 0.1) is 0 Å². The van der Waals surface area contributed by atoms with E-state index in [4.69, 9.17) is 11.6 Å². The molecule has 4 aromatic rings. The van der Waals surface area contributed by atoms with Crippen LogP contribution in [-0.2, 0) is 0 Å². The van der Waals surface area contributed by atoms with E-state index in [1.807, 2.05) is 18.3 Å². The number of nitrogens with one attached hydrogen (secondary N) is 2. The molecule has 29 heavy (non-hydrogen) atoms. The van der Waals surface area contributed by atoms with Crippen molar-refractivity contribution in [1.82, 2.24) is 4.98 Å². The number of nitrogens with zero attached hydrogens (tertiary/aromatic N) is 1. The molecular weight excluding hydrogens is 378 g/mol. The summed E-state index contributed by atoms with van der Waals surface area (Å²) in [4.78, 5) is 4.44. The Balaban J connectivity index is 1.22. The third-order valence-electron chi connectivity index (χ3n) is 5.91. The van der Waals surface area contributed by atoms with Gasteiger partial charge < -0.3 is 10.6 Å². The van der Waals surface area contributed by atoms with Gasteiger partial charge >= 0.3 is 0 Å². The van der Waals surface area contributed by atoms with Gasteiger partial charge in [0.25, 0.3) is 0 Å². The van der Waals surface area contributed by atoms with Crippen LogP contribution in [0.3, 0.4) is 0 Å². The molecule has 0 spiro atoms. The van der Waals surface area contributed by atoms with E-state index in [9.17, 15) is 0 Å². The highest BCUT2D eigenvalue weighted by molar-refractivity contribution is 6.31. The minimum atomic E-state index is 0.492. The number of pyridine rings is 1. The van der Waals surface area contributed by atoms with Gasteiger partial charge in [-0.3, -0.25) is 4.98 Å². The van der Waals surface area contributed by atoms with E-state index in [-0.39, 0.29) is 0 Å². The van der Waals surface area contributed by atoms with Crippen LogP contribution >= 0.6 is 11.6 Å². The summed E-state index contributed by atoms with van der Waals surface area (Å²) in [7, 11) is 0. The van der Waals surface area contributed by atoms with Crippen molar-refractivity contribution >= 4 is 44.7 Å². The van der Waals surface area contributed by atoms with Gasteiger partial charge in [0.1, 0.15) is 0 Å². The van der Waals surface area contributed by atoms with E-state index in [1.165, 1.54) is 29.3 Å². The largest absolute Gasteiger partial charge is 0.382 e. The molecule has 146 valence electrons. The molecule has 0 radical (unpaired) electrons. The van der Waals surface area contributed by atoms with Gasteiger partial charge in [-0.25, -0.2) is 0 Å². The van der Waals surface area contributed by atoms with Crippen LogP contribution in [0.5, 0.6) is 0 Å². The van der Waals surface area contributed by atoms with Crippen LogP contribution in [-0.4, -0.2) is 17.1 Å². The first-order valence-corrected chi connectivity index (χ1v) is 10.7. The quantitative estimate of drug-likeness (QED) is 0.391. The Hall–Kier alpha value is -2.78. The Kier molecular flexibility index (Phi) is 4.99. The second-order valence-electron chi connectivity index (χ2n) is 7.92. The molecule has 3 nitrogen and oxygen atoms in total. The third kappa shape index (κ3) is 4.01. The minimum absolute atomic E-state index is 0.492. The number of halogens is 1. The van der Waals surface area contributed by atoms with Gasteiger partial charge in [-0.2, -0.15) is 0 Å². The van der Waals surface area contributed by atoms with E-state index in [0.29, 0.717) is 12.1 Å². The molecule has 0 aliphatic heterocycles. The Morgan fingerprint density at radius 1 is 0.759 bits per heavy atom. The first-order chi connectivity index (χ1) is 14.2. The zero-order chi connectivity index (χ0) is 19.6. The third-order valence-corrected chi connectivity index (χ3v) is 6.15. The molecule has 1 aliphatic carbocycles. The molecule has 1 aliphatic rings. The first-order valence-electron chi connectivity index (χ1n) is 10.3. The van der Waals surface area contributed by atoms with Crippen molar-refractivity contribution in [3.05, 3.63) is 77.9 Å². The monoisotopic (exact) mass is 401 g/mol. The first kappa shape index (κ1) is 18.3. The summed E-state index contributed by atoms with van der Waals surface area (Å²) in [6.45, 7) is 0. The maximum atomic E-state index is 6.11. The molecule has 2 N–H and O–H groups in total. The van der Waals surface area contributed by atoms with Crippen molar-refractivity contribution < 1.29 is 0 Å². The summed E-state index contributed by atoms with van der Waals surface area (Å²) in [5.41, 5.74) is 3.31. The minimum Gasteiger partial charge on any atom is -0.382 e. The van der Waals surface area contributed by atoms with Crippen LogP contribution in [0.25, 0.3) is 21.7 Å². The normalized spacial score (nSPS) is 19.3. The molecule has 1 saturated carbocycles. The zero-order valence-electron chi connectivity index (χ0n) is 16.2. The average molecular weight is 402 g/mol. The SMILES string of the molecule is Clc1ccc2c(NC3CCC(Nc4ccc5ccccc5c4)CC3)ccnc2c1. The van der Waals surface area contributed by atoms with Crippen LogP contribution < -0.4 is 10.6 Å². The zero-order valence-corrected chi connectivity index (χ0v) is 17.0. The fraction of sp³-hybridized carbons (Fsp3) is 0.240. The van der Waals surface area contributed by atoms with Crippen LogP contribution in [0.4, 0.5) is 11.4 Å². The summed E-state index contributed by atoms with van der Waals surface area (Å²) in [6, 6.07) is 24.2. The van der Waals surface area contributed by atoms with E-state index in [1.54, 1.807) is 0 Å². The van der Waals surface area contributed by atoms with E-state index < -0.39 is 0 Å². The van der Waals surface area contributed by atoms with Crippen molar-refractivity contribution in [2.45, 2.75) is 37.8 Å². The highest BCUT2D eigenvalue weighted by Crippen LogP contribution is 2.29. The lowest BCUT2D eigenvalue weighted by Crippen LogP contribution is -2.32. The van der Waals surface area contributed by atoms with Crippen LogP contribution in [0.1, 0.15) is 25.7 Å². The Labute approximate surface area is 176 Å². The predicted molar refractivity (Wildman–Crippen MR) is 124 cm³/mol. The summed E-state index contributed by atoms with van der Waals surface area (Å²) in [6.07, 6.45) is 6.50. The van der Waals surface area contributed by atoms with Gasteiger partial charge in [0.15, 0.2) is 0 Å². The van der Waals surface area contributed by atoms with Gasteiger partial charge in [-0.15, -0.1) is 0 Å². The summed E-state index contributed by atoms with van der Waals surface area (Å²) < 4.78 is 0. The molecule has 4 heteroatoms. The van der Waals surface area contributed by atoms with Gasteiger partial charge in [0.05, 0.1) is 5.52 Å². The van der Waals surface area contributed by atoms with Gasteiger partial charge in [-0.1, -0.05) is 41.9 Å². The highest BCUT2D eigenvalue weighted by atomic mass is 35.5. The number of hydrogen-bond acceptors (Lipinski definition) is 3. The lowest BCUT2D eigenvalue weighted by Gasteiger charge is -2.31. The fourth-order valence-electron chi connectivity index (χ4n) is 4.36. The average Bonchev–Trinajstić information content (AvgIpc) is 2.75. The Morgan fingerprint density at radius 3 is 2.34 bits per heavy atom. The van der Waals surface area contributed by atoms with E-state index in [2.05, 4.69) is 70.2 Å². The lowest BCUT2D eigenvalue weighted by molar-refractivity contribution is 0.429. The molecule has 1 heterocycles. The van der Waals surface area contributed by atoms with Gasteiger partial charge in [0.2, 0.25) is 0 Å². The maximum absolute atomic E-state index is 6.11. The fourth-order valence-corrected chi connectivity index (χ4v) is 4.53. The number of fused-ring (bicyclic) bond motifs is 2. The Morgan fingerprint density at radius 2 is 1.52 bits per heavy atom. The van der Waals surface area contributed by atoms with Crippen molar-refractivity contribution in [2.24, 2.45) is 0 Å². The molecule has 0 atom stereocenters. The molecular formula is C25H24ClN3. The molecule has 0 bridgehead atoms. The molecule has 3 aromatic carbocycles. The standard InChI is InChI=1S/C25H24ClN3/c26-19-6-12-23-24(13-14-27-25(23)16-19)29-21-10-8-20(9-11-21)28-22-7-5-17-3-1-2-4-18(17)15-22/h1-7,12-16,20-21,28H,8-11H2,(H,27,29). The number of rotatable bonds is 4. The smallest absolute Gasteiger partial charge is 0.0737 e. The van der Waals surface area contributed by atoms with Crippen molar-refractivity contribution in [3.63, 3.8) is 0 Å². The summed E-state index contributed by atoms with van der Waals surface area (Å²) >= 11 is 6.11. The second-order valence-corrected chi connectivity index (χ2v) is 8.36. The number of anilines is 2. The molecule has 5 rings (SSSR count). The van der Waals surface area contributed by atoms with E-state index >= 15 is 0 Å². The van der Waals surface area contributed by atoms with Crippen LogP contribution in [0.2, 0.25) is 5.02 Å². The molecule has 0 amide bonds. The van der Waals surface area contributed by atoms with Gasteiger partial charge in [0, 0.05) is 40.1 Å². The van der Waals surface area contributed by atoms with Gasteiger partial charge in [-0.05, 0) is 72.9 Å². The number of benzene rings is 3. The number of hydrogen-bond donors (Lipinski definition) is 2. The number of aromatic nitrogens is 1. The molecule has 1 fully saturated rings. The topological polar surface area (TPSA) is 37.0 Å². The Bertz CT molecular complexity index is 1150. The maximum Gasteiger partial charge on any atom is 0.0737 e. The summed E-state index contributed by atoms with van der Waals surface area (Å²) in [5, 5.41) is 11.9.